The van der Waals surface area contributed by atoms with Crippen molar-refractivity contribution in [3.05, 3.63) is 36.5 Å². The summed E-state index contributed by atoms with van der Waals surface area (Å²) in [5.41, 5.74) is 0. The van der Waals surface area contributed by atoms with Gasteiger partial charge in [0.05, 0.1) is 0 Å². The van der Waals surface area contributed by atoms with Crippen molar-refractivity contribution in [1.82, 2.24) is 0 Å². The highest BCUT2D eigenvalue weighted by Gasteiger charge is 2.19. The van der Waals surface area contributed by atoms with Gasteiger partial charge in [-0.15, -0.1) is 0 Å². The standard InChI is InChI=1S/C65H120O6/c1-4-7-10-13-16-19-22-25-26-27-28-29-30-31-32-33-34-35-36-37-38-41-43-46-49-52-55-58-64(67)70-61-62(71-65(68)59-56-53-50-47-44-40-24-21-18-15-12-9-6-3)60-69-63(66)57-54-51-48-45-42-39-23-20-17-14-11-8-5-2/h22,25,27-28,30-31,62H,4-21,23-24,26,29,32-61H2,1-3H3/b25-22-,28-27-,31-30-. The van der Waals surface area contributed by atoms with Crippen LogP contribution in [0.2, 0.25) is 0 Å². The molecule has 0 N–H and O–H groups in total. The monoisotopic (exact) mass is 997 g/mol. The van der Waals surface area contributed by atoms with Crippen LogP contribution in [0.25, 0.3) is 0 Å². The molecule has 0 aliphatic rings. The Labute approximate surface area is 442 Å². The van der Waals surface area contributed by atoms with E-state index in [0.29, 0.717) is 19.3 Å². The quantitative estimate of drug-likeness (QED) is 0.0261. The van der Waals surface area contributed by atoms with Gasteiger partial charge in [-0.3, -0.25) is 14.4 Å². The first kappa shape index (κ1) is 68.6. The van der Waals surface area contributed by atoms with Crippen LogP contribution >= 0.6 is 0 Å². The van der Waals surface area contributed by atoms with Crippen LogP contribution < -0.4 is 0 Å². The number of hydrogen-bond donors (Lipinski definition) is 0. The summed E-state index contributed by atoms with van der Waals surface area (Å²) >= 11 is 0. The maximum atomic E-state index is 12.8. The predicted octanol–water partition coefficient (Wildman–Crippen LogP) is 21.2. The number of unbranched alkanes of at least 4 members (excludes halogenated alkanes) is 41. The molecule has 0 fully saturated rings. The van der Waals surface area contributed by atoms with E-state index in [0.717, 1.165) is 70.6 Å². The zero-order valence-electron chi connectivity index (χ0n) is 47.8. The van der Waals surface area contributed by atoms with Gasteiger partial charge < -0.3 is 14.2 Å². The number of rotatable bonds is 58. The summed E-state index contributed by atoms with van der Waals surface area (Å²) < 4.78 is 16.9. The Morgan fingerprint density at radius 1 is 0.282 bits per heavy atom. The topological polar surface area (TPSA) is 78.9 Å². The van der Waals surface area contributed by atoms with Gasteiger partial charge in [-0.05, 0) is 57.8 Å². The highest BCUT2D eigenvalue weighted by Crippen LogP contribution is 2.17. The number of ether oxygens (including phenoxy) is 3. The first-order chi connectivity index (χ1) is 35.0. The minimum absolute atomic E-state index is 0.0667. The Hall–Kier alpha value is -2.37. The molecule has 6 heteroatoms. The lowest BCUT2D eigenvalue weighted by Crippen LogP contribution is -2.30. The van der Waals surface area contributed by atoms with Crippen molar-refractivity contribution in [2.24, 2.45) is 0 Å². The molecule has 0 aromatic carbocycles. The fourth-order valence-corrected chi connectivity index (χ4v) is 9.39. The molecule has 0 spiro atoms. The first-order valence-electron chi connectivity index (χ1n) is 31.5. The summed E-state index contributed by atoms with van der Waals surface area (Å²) in [5, 5.41) is 0. The van der Waals surface area contributed by atoms with Gasteiger partial charge in [0.2, 0.25) is 0 Å². The SMILES string of the molecule is CCCCCCC/C=C\C/C=C\C/C=C\CCCCCCCCCCCCCCC(=O)OCC(COC(=O)CCCCCCCCCCCCCCC)OC(=O)CCCCCCCCCCCCCCC. The van der Waals surface area contributed by atoms with Gasteiger partial charge in [0.15, 0.2) is 6.10 Å². The molecule has 0 aliphatic heterocycles. The maximum Gasteiger partial charge on any atom is 0.306 e. The predicted molar refractivity (Wildman–Crippen MR) is 307 cm³/mol. The van der Waals surface area contributed by atoms with Crippen LogP contribution in [-0.4, -0.2) is 37.2 Å². The second-order valence-corrected chi connectivity index (χ2v) is 21.3. The summed E-state index contributed by atoms with van der Waals surface area (Å²) in [6.45, 7) is 6.67. The van der Waals surface area contributed by atoms with E-state index in [1.165, 1.54) is 231 Å². The lowest BCUT2D eigenvalue weighted by atomic mass is 10.0. The highest BCUT2D eigenvalue weighted by molar-refractivity contribution is 5.71. The highest BCUT2D eigenvalue weighted by atomic mass is 16.6. The molecule has 0 aromatic heterocycles. The summed E-state index contributed by atoms with van der Waals surface area (Å²) in [6, 6.07) is 0. The molecule has 1 unspecified atom stereocenters. The third-order valence-electron chi connectivity index (χ3n) is 14.1. The van der Waals surface area contributed by atoms with Crippen molar-refractivity contribution in [2.75, 3.05) is 13.2 Å². The maximum absolute atomic E-state index is 12.8. The van der Waals surface area contributed by atoms with Gasteiger partial charge in [-0.2, -0.15) is 0 Å². The van der Waals surface area contributed by atoms with Crippen LogP contribution in [0.15, 0.2) is 36.5 Å². The molecule has 0 amide bonds. The normalized spacial score (nSPS) is 12.2. The fourth-order valence-electron chi connectivity index (χ4n) is 9.39. The molecule has 0 saturated heterocycles. The second kappa shape index (κ2) is 60.2. The van der Waals surface area contributed by atoms with Crippen molar-refractivity contribution >= 4 is 17.9 Å². The Morgan fingerprint density at radius 3 is 0.789 bits per heavy atom. The zero-order chi connectivity index (χ0) is 51.4. The van der Waals surface area contributed by atoms with E-state index in [1.807, 2.05) is 0 Å². The summed E-state index contributed by atoms with van der Waals surface area (Å²) in [6.07, 6.45) is 72.9. The third kappa shape index (κ3) is 58.4. The molecule has 0 heterocycles. The Morgan fingerprint density at radius 2 is 0.507 bits per heavy atom. The number of carbonyl (C=O) groups is 3. The molecular formula is C65H120O6. The van der Waals surface area contributed by atoms with Gasteiger partial charge in [-0.25, -0.2) is 0 Å². The van der Waals surface area contributed by atoms with E-state index in [2.05, 4.69) is 57.2 Å². The first-order valence-corrected chi connectivity index (χ1v) is 31.5. The number of allylic oxidation sites excluding steroid dienone is 6. The average Bonchev–Trinajstić information content (AvgIpc) is 3.37. The molecule has 0 aliphatic carbocycles. The minimum Gasteiger partial charge on any atom is -0.462 e. The smallest absolute Gasteiger partial charge is 0.306 e. The van der Waals surface area contributed by atoms with Gasteiger partial charge in [0.25, 0.3) is 0 Å². The molecule has 0 saturated carbocycles. The number of carbonyl (C=O) groups excluding carboxylic acids is 3. The Kier molecular flexibility index (Phi) is 58.2. The number of esters is 3. The van der Waals surface area contributed by atoms with Crippen LogP contribution in [-0.2, 0) is 28.6 Å². The molecule has 0 aromatic rings. The van der Waals surface area contributed by atoms with E-state index in [9.17, 15) is 14.4 Å². The van der Waals surface area contributed by atoms with E-state index in [4.69, 9.17) is 14.2 Å². The summed E-state index contributed by atoms with van der Waals surface area (Å²) in [7, 11) is 0. The number of hydrogen-bond acceptors (Lipinski definition) is 6. The van der Waals surface area contributed by atoms with Gasteiger partial charge in [0.1, 0.15) is 13.2 Å². The van der Waals surface area contributed by atoms with Crippen molar-refractivity contribution in [3.8, 4) is 0 Å². The molecule has 6 nitrogen and oxygen atoms in total. The third-order valence-corrected chi connectivity index (χ3v) is 14.1. The molecule has 416 valence electrons. The minimum atomic E-state index is -0.767. The molecular weight excluding hydrogens is 877 g/mol. The van der Waals surface area contributed by atoms with Crippen molar-refractivity contribution in [2.45, 2.75) is 348 Å². The lowest BCUT2D eigenvalue weighted by Gasteiger charge is -2.18. The summed E-state index contributed by atoms with van der Waals surface area (Å²) in [5.74, 6) is -0.847. The van der Waals surface area contributed by atoms with Gasteiger partial charge >= 0.3 is 17.9 Å². The van der Waals surface area contributed by atoms with Crippen molar-refractivity contribution < 1.29 is 28.6 Å². The molecule has 1 atom stereocenters. The van der Waals surface area contributed by atoms with Crippen LogP contribution in [0.3, 0.4) is 0 Å². The van der Waals surface area contributed by atoms with E-state index in [-0.39, 0.29) is 31.1 Å². The van der Waals surface area contributed by atoms with Crippen LogP contribution in [0.1, 0.15) is 342 Å². The molecule has 71 heavy (non-hydrogen) atoms. The van der Waals surface area contributed by atoms with E-state index >= 15 is 0 Å². The molecule has 0 radical (unpaired) electrons. The summed E-state index contributed by atoms with van der Waals surface area (Å²) in [4.78, 5) is 38.2. The van der Waals surface area contributed by atoms with Crippen molar-refractivity contribution in [3.63, 3.8) is 0 Å². The largest absolute Gasteiger partial charge is 0.462 e. The van der Waals surface area contributed by atoms with E-state index in [1.54, 1.807) is 0 Å². The van der Waals surface area contributed by atoms with E-state index < -0.39 is 6.10 Å². The zero-order valence-corrected chi connectivity index (χ0v) is 47.8. The Balaban J connectivity index is 4.19. The van der Waals surface area contributed by atoms with Crippen molar-refractivity contribution in [1.29, 1.82) is 0 Å². The fraction of sp³-hybridized carbons (Fsp3) is 0.862. The van der Waals surface area contributed by atoms with Gasteiger partial charge in [0, 0.05) is 19.3 Å². The van der Waals surface area contributed by atoms with Crippen LogP contribution in [0.4, 0.5) is 0 Å². The van der Waals surface area contributed by atoms with Crippen LogP contribution in [0, 0.1) is 0 Å². The molecule has 0 bridgehead atoms. The Bertz CT molecular complexity index is 1190. The lowest BCUT2D eigenvalue weighted by molar-refractivity contribution is -0.167. The second-order valence-electron chi connectivity index (χ2n) is 21.3. The van der Waals surface area contributed by atoms with Gasteiger partial charge in [-0.1, -0.05) is 301 Å². The van der Waals surface area contributed by atoms with Crippen LogP contribution in [0.5, 0.6) is 0 Å². The average molecular weight is 998 g/mol. The molecule has 0 rings (SSSR count).